The van der Waals surface area contributed by atoms with Crippen LogP contribution in [0.5, 0.6) is 0 Å². The fourth-order valence-electron chi connectivity index (χ4n) is 4.99. The zero-order chi connectivity index (χ0) is 22.1. The molecule has 1 fully saturated rings. The average Bonchev–Trinajstić information content (AvgIpc) is 3.37. The van der Waals surface area contributed by atoms with Gasteiger partial charge in [-0.2, -0.15) is 5.10 Å². The van der Waals surface area contributed by atoms with E-state index in [-0.39, 0.29) is 17.0 Å². The number of hydrogen-bond acceptors (Lipinski definition) is 4. The molecule has 6 heteroatoms. The Bertz CT molecular complexity index is 1230. The molecule has 7 bridgehead atoms. The van der Waals surface area contributed by atoms with Gasteiger partial charge in [-0.1, -0.05) is 24.3 Å². The molecule has 1 amide bonds. The highest BCUT2D eigenvalue weighted by molar-refractivity contribution is 5.97. The van der Waals surface area contributed by atoms with Crippen molar-refractivity contribution in [2.24, 2.45) is 5.73 Å². The predicted octanol–water partition coefficient (Wildman–Crippen LogP) is 3.66. The van der Waals surface area contributed by atoms with E-state index in [4.69, 9.17) is 15.8 Å². The second-order valence-electron chi connectivity index (χ2n) is 10.5. The van der Waals surface area contributed by atoms with Gasteiger partial charge in [0.15, 0.2) is 0 Å². The predicted molar refractivity (Wildman–Crippen MR) is 124 cm³/mol. The monoisotopic (exact) mass is 427 g/mol. The van der Waals surface area contributed by atoms with Crippen LogP contribution < -0.4 is 11.1 Å². The first kappa shape index (κ1) is 19.7. The summed E-state index contributed by atoms with van der Waals surface area (Å²) in [4.78, 5) is 18.4. The first-order valence-electron chi connectivity index (χ1n) is 11.6. The number of carbonyl (C=O) groups excluding carboxylic acids is 1. The largest absolute Gasteiger partial charge is 0.346 e. The van der Waals surface area contributed by atoms with Gasteiger partial charge in [0.05, 0.1) is 17.9 Å². The van der Waals surface area contributed by atoms with Crippen LogP contribution in [-0.4, -0.2) is 31.7 Å². The Labute approximate surface area is 188 Å². The Morgan fingerprint density at radius 3 is 2.62 bits per heavy atom. The van der Waals surface area contributed by atoms with E-state index in [2.05, 4.69) is 49.5 Å². The molecule has 4 heterocycles. The molecule has 1 aromatic carbocycles. The van der Waals surface area contributed by atoms with E-state index in [0.717, 1.165) is 66.6 Å². The number of nitrogens with one attached hydrogen (secondary N) is 1. The van der Waals surface area contributed by atoms with E-state index >= 15 is 0 Å². The molecule has 0 radical (unpaired) electrons. The smallest absolute Gasteiger partial charge is 0.270 e. The fourth-order valence-corrected chi connectivity index (χ4v) is 4.99. The van der Waals surface area contributed by atoms with Gasteiger partial charge in [0.25, 0.3) is 5.91 Å². The Balaban J connectivity index is 1.56. The minimum Gasteiger partial charge on any atom is -0.346 e. The minimum atomic E-state index is -0.336. The highest BCUT2D eigenvalue weighted by Crippen LogP contribution is 2.39. The second-order valence-corrected chi connectivity index (χ2v) is 10.5. The van der Waals surface area contributed by atoms with E-state index in [1.165, 1.54) is 11.1 Å². The first-order chi connectivity index (χ1) is 15.3. The third-order valence-corrected chi connectivity index (χ3v) is 7.25. The summed E-state index contributed by atoms with van der Waals surface area (Å²) in [7, 11) is 0. The molecular formula is C26H29N5O. The molecule has 7 rings (SSSR count). The number of amides is 1. The molecule has 2 aliphatic heterocycles. The lowest BCUT2D eigenvalue weighted by Gasteiger charge is -2.27. The normalized spacial score (nSPS) is 19.9. The molecule has 3 N–H and O–H groups in total. The van der Waals surface area contributed by atoms with Crippen LogP contribution in [0.2, 0.25) is 0 Å². The molecule has 0 saturated heterocycles. The number of aryl methyl sites for hydroxylation is 2. The number of fused-ring (bicyclic) bond motifs is 6. The number of nitrogens with zero attached hydrogens (tertiary/aromatic N) is 3. The fraction of sp³-hybridized carbons (Fsp3) is 0.423. The van der Waals surface area contributed by atoms with E-state index in [1.54, 1.807) is 0 Å². The molecule has 1 saturated carbocycles. The zero-order valence-electron chi connectivity index (χ0n) is 18.7. The summed E-state index contributed by atoms with van der Waals surface area (Å²) in [6, 6.07) is 10.8. The van der Waals surface area contributed by atoms with Crippen LogP contribution in [0.15, 0.2) is 36.5 Å². The van der Waals surface area contributed by atoms with Crippen LogP contribution in [0, 0.1) is 0 Å². The summed E-state index contributed by atoms with van der Waals surface area (Å²) in [5.41, 5.74) is 14.1. The minimum absolute atomic E-state index is 0.0460. The summed E-state index contributed by atoms with van der Waals surface area (Å²) in [6.07, 6.45) is 7.33. The SMILES string of the molecule is CC1(C)CCc2ccc(cc2)-c2cc3c(cn2)CCc2c-3nn(CC3(N)CC3)c2C(=O)N1. The maximum absolute atomic E-state index is 13.6. The van der Waals surface area contributed by atoms with Crippen LogP contribution in [0.3, 0.4) is 0 Å². The number of aromatic nitrogens is 3. The van der Waals surface area contributed by atoms with Crippen molar-refractivity contribution in [1.82, 2.24) is 20.1 Å². The van der Waals surface area contributed by atoms with E-state index in [0.29, 0.717) is 12.2 Å². The van der Waals surface area contributed by atoms with Gasteiger partial charge in [-0.25, -0.2) is 0 Å². The van der Waals surface area contributed by atoms with E-state index in [1.807, 2.05) is 10.9 Å². The summed E-state index contributed by atoms with van der Waals surface area (Å²) in [5.74, 6) is -0.0460. The molecule has 0 atom stereocenters. The quantitative estimate of drug-likeness (QED) is 0.654. The Hall–Kier alpha value is -2.99. The lowest BCUT2D eigenvalue weighted by Crippen LogP contribution is -2.45. The summed E-state index contributed by atoms with van der Waals surface area (Å²) < 4.78 is 1.89. The van der Waals surface area contributed by atoms with Crippen molar-refractivity contribution in [2.75, 3.05) is 0 Å². The van der Waals surface area contributed by atoms with Gasteiger partial charge in [-0.3, -0.25) is 14.5 Å². The van der Waals surface area contributed by atoms with Crippen LogP contribution >= 0.6 is 0 Å². The lowest BCUT2D eigenvalue weighted by molar-refractivity contribution is 0.0896. The van der Waals surface area contributed by atoms with Crippen molar-refractivity contribution in [2.45, 2.75) is 70.0 Å². The summed E-state index contributed by atoms with van der Waals surface area (Å²) in [5, 5.41) is 8.30. The molecule has 2 aromatic heterocycles. The molecule has 164 valence electrons. The topological polar surface area (TPSA) is 85.8 Å². The number of pyridine rings is 1. The maximum atomic E-state index is 13.6. The first-order valence-corrected chi connectivity index (χ1v) is 11.6. The molecule has 0 spiro atoms. The van der Waals surface area contributed by atoms with Gasteiger partial charge < -0.3 is 11.1 Å². The Kier molecular flexibility index (Phi) is 4.15. The maximum Gasteiger partial charge on any atom is 0.270 e. The van der Waals surface area contributed by atoms with Crippen molar-refractivity contribution in [3.05, 3.63) is 58.9 Å². The zero-order valence-corrected chi connectivity index (χ0v) is 18.7. The molecule has 3 aromatic rings. The van der Waals surface area contributed by atoms with Crippen molar-refractivity contribution in [1.29, 1.82) is 0 Å². The standard InChI is InChI=1S/C26H29N5O/c1-25(2)10-9-16-3-5-17(6-4-16)21-13-20-18(14-28-21)7-8-19-22(20)30-31(15-26(27)11-12-26)23(19)24(32)29-25/h3-6,13-14H,7-12,15,27H2,1-2H3,(H,29,32). The van der Waals surface area contributed by atoms with Gasteiger partial charge in [0.1, 0.15) is 5.69 Å². The number of benzene rings is 1. The highest BCUT2D eigenvalue weighted by Gasteiger charge is 2.41. The molecule has 2 aliphatic carbocycles. The van der Waals surface area contributed by atoms with Crippen molar-refractivity contribution in [3.8, 4) is 22.5 Å². The molecular weight excluding hydrogens is 398 g/mol. The third-order valence-electron chi connectivity index (χ3n) is 7.25. The van der Waals surface area contributed by atoms with Crippen LogP contribution in [0.25, 0.3) is 22.5 Å². The number of hydrogen-bond donors (Lipinski definition) is 2. The van der Waals surface area contributed by atoms with Crippen LogP contribution in [0.1, 0.15) is 60.3 Å². The van der Waals surface area contributed by atoms with Gasteiger partial charge in [-0.15, -0.1) is 0 Å². The van der Waals surface area contributed by atoms with Crippen molar-refractivity contribution < 1.29 is 4.79 Å². The number of carbonyl (C=O) groups is 1. The van der Waals surface area contributed by atoms with Crippen LogP contribution in [-0.2, 0) is 25.8 Å². The molecule has 0 unspecified atom stereocenters. The Morgan fingerprint density at radius 1 is 1.09 bits per heavy atom. The average molecular weight is 428 g/mol. The Morgan fingerprint density at radius 2 is 1.88 bits per heavy atom. The molecule has 32 heavy (non-hydrogen) atoms. The van der Waals surface area contributed by atoms with Gasteiger partial charge in [0, 0.05) is 34.0 Å². The lowest BCUT2D eigenvalue weighted by atomic mass is 9.89. The van der Waals surface area contributed by atoms with E-state index < -0.39 is 0 Å². The van der Waals surface area contributed by atoms with E-state index in [9.17, 15) is 4.79 Å². The molecule has 4 aliphatic rings. The van der Waals surface area contributed by atoms with Gasteiger partial charge in [0.2, 0.25) is 0 Å². The summed E-state index contributed by atoms with van der Waals surface area (Å²) in [6.45, 7) is 4.78. The van der Waals surface area contributed by atoms with Gasteiger partial charge >= 0.3 is 0 Å². The summed E-state index contributed by atoms with van der Waals surface area (Å²) >= 11 is 0. The number of rotatable bonds is 2. The van der Waals surface area contributed by atoms with Gasteiger partial charge in [-0.05, 0) is 69.6 Å². The van der Waals surface area contributed by atoms with Crippen molar-refractivity contribution >= 4 is 5.91 Å². The third kappa shape index (κ3) is 3.34. The molecule has 6 nitrogen and oxygen atoms in total. The van der Waals surface area contributed by atoms with Crippen LogP contribution in [0.4, 0.5) is 0 Å². The number of nitrogens with two attached hydrogens (primary N) is 1. The highest BCUT2D eigenvalue weighted by atomic mass is 16.2. The van der Waals surface area contributed by atoms with Crippen molar-refractivity contribution in [3.63, 3.8) is 0 Å². The second kappa shape index (κ2) is 6.75.